The van der Waals surface area contributed by atoms with E-state index in [0.717, 1.165) is 11.3 Å². The van der Waals surface area contributed by atoms with Crippen LogP contribution in [0.1, 0.15) is 5.56 Å². The first kappa shape index (κ1) is 11.9. The van der Waals surface area contributed by atoms with E-state index in [0.29, 0.717) is 0 Å². The number of benzene rings is 1. The van der Waals surface area contributed by atoms with Gasteiger partial charge < -0.3 is 4.74 Å². The molecule has 1 rings (SSSR count). The molecule has 0 amide bonds. The zero-order chi connectivity index (χ0) is 11.3. The third-order valence-electron chi connectivity index (χ3n) is 1.65. The molecule has 1 aromatic carbocycles. The molecule has 84 valence electrons. The number of ether oxygens (including phenoxy) is 1. The third kappa shape index (κ3) is 4.75. The van der Waals surface area contributed by atoms with Gasteiger partial charge in [-0.25, -0.2) is 5.43 Å². The lowest BCUT2D eigenvalue weighted by molar-refractivity contribution is 0.414. The summed E-state index contributed by atoms with van der Waals surface area (Å²) in [7, 11) is -2.63. The maximum absolute atomic E-state index is 10.3. The summed E-state index contributed by atoms with van der Waals surface area (Å²) in [5.41, 5.74) is 3.20. The van der Waals surface area contributed by atoms with Crippen molar-refractivity contribution in [2.75, 3.05) is 7.11 Å². The van der Waals surface area contributed by atoms with Crippen LogP contribution in [0.5, 0.6) is 5.75 Å². The van der Waals surface area contributed by atoms with E-state index in [1.807, 2.05) is 0 Å². The molecule has 0 saturated heterocycles. The molecule has 0 spiro atoms. The molecular weight excluding hydrogens is 220 g/mol. The second-order valence-electron chi connectivity index (χ2n) is 2.78. The quantitative estimate of drug-likeness (QED) is 0.495. The highest BCUT2D eigenvalue weighted by Gasteiger charge is 2.00. The summed E-state index contributed by atoms with van der Waals surface area (Å²) in [6, 6.07) is 7.06. The van der Waals surface area contributed by atoms with Crippen LogP contribution in [0.2, 0.25) is 0 Å². The Morgan fingerprint density at radius 2 is 1.93 bits per heavy atom. The van der Waals surface area contributed by atoms with Crippen molar-refractivity contribution >= 4 is 10.3 Å². The van der Waals surface area contributed by atoms with Gasteiger partial charge in [0.05, 0.1) is 7.11 Å². The lowest BCUT2D eigenvalue weighted by Crippen LogP contribution is -2.36. The molecule has 7 heteroatoms. The highest BCUT2D eigenvalue weighted by Crippen LogP contribution is 2.10. The minimum Gasteiger partial charge on any atom is -0.497 e. The first-order valence-corrected chi connectivity index (χ1v) is 5.55. The summed E-state index contributed by atoms with van der Waals surface area (Å²) in [6.45, 7) is 0.268. The fourth-order valence-electron chi connectivity index (χ4n) is 0.973. The summed E-state index contributed by atoms with van der Waals surface area (Å²) in [6.07, 6.45) is 0. The van der Waals surface area contributed by atoms with Crippen LogP contribution >= 0.6 is 0 Å². The van der Waals surface area contributed by atoms with Gasteiger partial charge in [-0.1, -0.05) is 12.1 Å². The summed E-state index contributed by atoms with van der Waals surface area (Å²) >= 11 is 0. The van der Waals surface area contributed by atoms with Crippen molar-refractivity contribution in [3.63, 3.8) is 0 Å². The summed E-state index contributed by atoms with van der Waals surface area (Å²) in [5, 5.41) is 0. The van der Waals surface area contributed by atoms with E-state index in [4.69, 9.17) is 9.29 Å². The number of hydrogen-bond acceptors (Lipinski definition) is 4. The predicted molar refractivity (Wildman–Crippen MR) is 54.5 cm³/mol. The normalized spacial score (nSPS) is 11.3. The summed E-state index contributed by atoms with van der Waals surface area (Å²) < 4.78 is 33.9. The van der Waals surface area contributed by atoms with Gasteiger partial charge in [0, 0.05) is 6.54 Å². The molecule has 15 heavy (non-hydrogen) atoms. The fourth-order valence-corrected chi connectivity index (χ4v) is 1.23. The standard InChI is InChI=1S/C8H12N2O4S/c1-14-8-4-2-7(3-5-8)6-9-10-15(11,12)13/h2-5,9-10H,6H2,1H3,(H,11,12,13). The number of hydrogen-bond donors (Lipinski definition) is 3. The van der Waals surface area contributed by atoms with Crippen molar-refractivity contribution in [2.45, 2.75) is 6.54 Å². The SMILES string of the molecule is COc1ccc(CNNS(=O)(=O)O)cc1. The zero-order valence-electron chi connectivity index (χ0n) is 8.10. The molecule has 0 fully saturated rings. The summed E-state index contributed by atoms with van der Waals surface area (Å²) in [5.74, 6) is 0.724. The van der Waals surface area contributed by atoms with Crippen molar-refractivity contribution in [3.05, 3.63) is 29.8 Å². The molecule has 0 aliphatic rings. The maximum Gasteiger partial charge on any atom is 0.346 e. The van der Waals surface area contributed by atoms with Gasteiger partial charge in [0.15, 0.2) is 0 Å². The van der Waals surface area contributed by atoms with E-state index < -0.39 is 10.3 Å². The average molecular weight is 232 g/mol. The molecule has 3 N–H and O–H groups in total. The minimum absolute atomic E-state index is 0.268. The molecule has 0 bridgehead atoms. The Bertz CT molecular complexity index is 401. The van der Waals surface area contributed by atoms with Crippen LogP contribution in [-0.4, -0.2) is 20.1 Å². The second kappa shape index (κ2) is 5.08. The Kier molecular flexibility index (Phi) is 4.04. The third-order valence-corrected chi connectivity index (χ3v) is 2.06. The number of methoxy groups -OCH3 is 1. The molecule has 0 unspecified atom stereocenters. The number of nitrogens with one attached hydrogen (secondary N) is 2. The number of hydrazine groups is 1. The molecule has 0 aliphatic heterocycles. The van der Waals surface area contributed by atoms with Crippen LogP contribution in [0, 0.1) is 0 Å². The van der Waals surface area contributed by atoms with Gasteiger partial charge in [0.2, 0.25) is 0 Å². The van der Waals surface area contributed by atoms with Gasteiger partial charge >= 0.3 is 10.3 Å². The highest BCUT2D eigenvalue weighted by atomic mass is 32.2. The van der Waals surface area contributed by atoms with Crippen molar-refractivity contribution in [1.82, 2.24) is 10.3 Å². The van der Waals surface area contributed by atoms with Gasteiger partial charge in [-0.3, -0.25) is 4.55 Å². The van der Waals surface area contributed by atoms with Crippen LogP contribution < -0.4 is 15.0 Å². The lowest BCUT2D eigenvalue weighted by Gasteiger charge is -2.05. The van der Waals surface area contributed by atoms with Crippen LogP contribution in [0.15, 0.2) is 24.3 Å². The zero-order valence-corrected chi connectivity index (χ0v) is 8.91. The van der Waals surface area contributed by atoms with Crippen molar-refractivity contribution in [3.8, 4) is 5.75 Å². The molecule has 0 saturated carbocycles. The van der Waals surface area contributed by atoms with Crippen molar-refractivity contribution in [1.29, 1.82) is 0 Å². The monoisotopic (exact) mass is 232 g/mol. The Morgan fingerprint density at radius 1 is 1.33 bits per heavy atom. The predicted octanol–water partition coefficient (Wildman–Crippen LogP) is 0.0922. The van der Waals surface area contributed by atoms with E-state index in [-0.39, 0.29) is 6.54 Å². The molecule has 0 aromatic heterocycles. The smallest absolute Gasteiger partial charge is 0.346 e. The molecule has 6 nitrogen and oxygen atoms in total. The molecule has 1 aromatic rings. The van der Waals surface area contributed by atoms with Gasteiger partial charge in [0.25, 0.3) is 0 Å². The average Bonchev–Trinajstić information content (AvgIpc) is 2.17. The number of rotatable bonds is 5. The minimum atomic E-state index is -4.19. The van der Waals surface area contributed by atoms with Crippen molar-refractivity contribution < 1.29 is 17.7 Å². The van der Waals surface area contributed by atoms with Gasteiger partial charge in [-0.15, -0.1) is 4.83 Å². The molecular formula is C8H12N2O4S. The van der Waals surface area contributed by atoms with E-state index in [1.165, 1.54) is 0 Å². The van der Waals surface area contributed by atoms with E-state index >= 15 is 0 Å². The van der Waals surface area contributed by atoms with E-state index in [9.17, 15) is 8.42 Å². The molecule has 0 heterocycles. The van der Waals surface area contributed by atoms with E-state index in [1.54, 1.807) is 36.2 Å². The molecule has 0 atom stereocenters. The lowest BCUT2D eigenvalue weighted by atomic mass is 10.2. The Hall–Kier alpha value is -1.15. The van der Waals surface area contributed by atoms with Crippen LogP contribution in [0.25, 0.3) is 0 Å². The summed E-state index contributed by atoms with van der Waals surface area (Å²) in [4.78, 5) is 1.75. The van der Waals surface area contributed by atoms with Crippen LogP contribution in [-0.2, 0) is 16.8 Å². The first-order valence-electron chi connectivity index (χ1n) is 4.11. The van der Waals surface area contributed by atoms with Gasteiger partial charge in [-0.2, -0.15) is 8.42 Å². The van der Waals surface area contributed by atoms with Gasteiger partial charge in [-0.05, 0) is 17.7 Å². The van der Waals surface area contributed by atoms with Crippen molar-refractivity contribution in [2.24, 2.45) is 0 Å². The largest absolute Gasteiger partial charge is 0.497 e. The molecule has 0 aliphatic carbocycles. The second-order valence-corrected chi connectivity index (χ2v) is 3.93. The first-order chi connectivity index (χ1) is 7.01. The van der Waals surface area contributed by atoms with Gasteiger partial charge in [0.1, 0.15) is 5.75 Å². The van der Waals surface area contributed by atoms with Crippen LogP contribution in [0.3, 0.4) is 0 Å². The Labute approximate surface area is 88.1 Å². The highest BCUT2D eigenvalue weighted by molar-refractivity contribution is 7.83. The maximum atomic E-state index is 10.3. The Morgan fingerprint density at radius 3 is 2.40 bits per heavy atom. The Balaban J connectivity index is 2.45. The van der Waals surface area contributed by atoms with E-state index in [2.05, 4.69) is 5.43 Å². The fraction of sp³-hybridized carbons (Fsp3) is 0.250. The molecule has 0 radical (unpaired) electrons. The topological polar surface area (TPSA) is 87.7 Å². The van der Waals surface area contributed by atoms with Crippen LogP contribution in [0.4, 0.5) is 0 Å².